The van der Waals surface area contributed by atoms with E-state index in [0.717, 1.165) is 6.07 Å². The number of non-ortho nitro benzene ring substituents is 1. The SMILES string of the molecule is COCC(C)CNC(=O)c1ccc([N+](=O)[O-])cc1Cl. The highest BCUT2D eigenvalue weighted by atomic mass is 35.5. The van der Waals surface area contributed by atoms with Crippen LogP contribution < -0.4 is 5.32 Å². The van der Waals surface area contributed by atoms with Crippen LogP contribution in [0.25, 0.3) is 0 Å². The van der Waals surface area contributed by atoms with Crippen molar-refractivity contribution in [1.82, 2.24) is 5.32 Å². The van der Waals surface area contributed by atoms with Crippen molar-refractivity contribution in [3.05, 3.63) is 38.9 Å². The molecule has 1 atom stereocenters. The predicted octanol–water partition coefficient (Wildman–Crippen LogP) is 2.26. The molecule has 0 radical (unpaired) electrons. The van der Waals surface area contributed by atoms with Crippen molar-refractivity contribution in [3.8, 4) is 0 Å². The third-order valence-corrected chi connectivity index (χ3v) is 2.78. The van der Waals surface area contributed by atoms with Crippen LogP contribution in [0.2, 0.25) is 5.02 Å². The monoisotopic (exact) mass is 286 g/mol. The largest absolute Gasteiger partial charge is 0.384 e. The van der Waals surface area contributed by atoms with Crippen molar-refractivity contribution >= 4 is 23.2 Å². The number of nitro benzene ring substituents is 1. The van der Waals surface area contributed by atoms with Gasteiger partial charge in [-0.15, -0.1) is 0 Å². The first-order valence-electron chi connectivity index (χ1n) is 5.66. The Morgan fingerprint density at radius 2 is 2.26 bits per heavy atom. The molecular formula is C12H15ClN2O4. The number of nitro groups is 1. The summed E-state index contributed by atoms with van der Waals surface area (Å²) in [5, 5.41) is 13.3. The summed E-state index contributed by atoms with van der Waals surface area (Å²) in [6.45, 7) is 2.91. The molecule has 1 unspecified atom stereocenters. The van der Waals surface area contributed by atoms with E-state index in [1.54, 1.807) is 7.11 Å². The first-order valence-corrected chi connectivity index (χ1v) is 6.04. The van der Waals surface area contributed by atoms with Crippen LogP contribution in [-0.4, -0.2) is 31.1 Å². The standard InChI is InChI=1S/C12H15ClN2O4/c1-8(7-19-2)6-14-12(16)10-4-3-9(15(17)18)5-11(10)13/h3-5,8H,6-7H2,1-2H3,(H,14,16). The Bertz CT molecular complexity index is 479. The number of benzene rings is 1. The lowest BCUT2D eigenvalue weighted by Gasteiger charge is -2.12. The van der Waals surface area contributed by atoms with Gasteiger partial charge in [0, 0.05) is 25.8 Å². The summed E-state index contributed by atoms with van der Waals surface area (Å²) >= 11 is 5.85. The van der Waals surface area contributed by atoms with Gasteiger partial charge in [0.15, 0.2) is 0 Å². The van der Waals surface area contributed by atoms with Crippen LogP contribution in [0.15, 0.2) is 18.2 Å². The van der Waals surface area contributed by atoms with Gasteiger partial charge in [-0.05, 0) is 12.0 Å². The van der Waals surface area contributed by atoms with Gasteiger partial charge in [0.25, 0.3) is 11.6 Å². The second kappa shape index (κ2) is 7.06. The maximum atomic E-state index is 11.8. The van der Waals surface area contributed by atoms with E-state index in [1.165, 1.54) is 12.1 Å². The Labute approximate surface area is 115 Å². The zero-order valence-electron chi connectivity index (χ0n) is 10.7. The molecule has 0 heterocycles. The Balaban J connectivity index is 2.70. The molecule has 1 rings (SSSR count). The van der Waals surface area contributed by atoms with E-state index in [4.69, 9.17) is 16.3 Å². The number of carbonyl (C=O) groups excluding carboxylic acids is 1. The second-order valence-electron chi connectivity index (χ2n) is 4.19. The van der Waals surface area contributed by atoms with Gasteiger partial charge in [-0.25, -0.2) is 0 Å². The molecule has 0 bridgehead atoms. The summed E-state index contributed by atoms with van der Waals surface area (Å²) in [5.74, 6) is -0.186. The fourth-order valence-electron chi connectivity index (χ4n) is 1.51. The van der Waals surface area contributed by atoms with Crippen LogP contribution in [0.1, 0.15) is 17.3 Å². The fraction of sp³-hybridized carbons (Fsp3) is 0.417. The summed E-state index contributed by atoms with van der Waals surface area (Å²) in [6.07, 6.45) is 0. The number of nitrogens with zero attached hydrogens (tertiary/aromatic N) is 1. The van der Waals surface area contributed by atoms with E-state index in [-0.39, 0.29) is 28.1 Å². The number of amides is 1. The second-order valence-corrected chi connectivity index (χ2v) is 4.60. The molecule has 0 saturated carbocycles. The number of carbonyl (C=O) groups is 1. The summed E-state index contributed by atoms with van der Waals surface area (Å²) in [6, 6.07) is 3.76. The zero-order chi connectivity index (χ0) is 14.4. The predicted molar refractivity (Wildman–Crippen MR) is 71.5 cm³/mol. The number of hydrogen-bond acceptors (Lipinski definition) is 4. The van der Waals surface area contributed by atoms with Gasteiger partial charge in [0.1, 0.15) is 0 Å². The third-order valence-electron chi connectivity index (χ3n) is 2.47. The van der Waals surface area contributed by atoms with Crippen molar-refractivity contribution in [2.75, 3.05) is 20.3 Å². The van der Waals surface area contributed by atoms with Crippen molar-refractivity contribution in [2.24, 2.45) is 5.92 Å². The molecule has 7 heteroatoms. The lowest BCUT2D eigenvalue weighted by molar-refractivity contribution is -0.384. The number of nitrogens with one attached hydrogen (secondary N) is 1. The molecule has 104 valence electrons. The Morgan fingerprint density at radius 1 is 1.58 bits per heavy atom. The maximum Gasteiger partial charge on any atom is 0.270 e. The molecular weight excluding hydrogens is 272 g/mol. The number of ether oxygens (including phenoxy) is 1. The first-order chi connectivity index (χ1) is 8.95. The summed E-state index contributed by atoms with van der Waals surface area (Å²) < 4.78 is 4.96. The molecule has 0 saturated heterocycles. The number of methoxy groups -OCH3 is 1. The average molecular weight is 287 g/mol. The van der Waals surface area contributed by atoms with E-state index >= 15 is 0 Å². The molecule has 1 amide bonds. The molecule has 0 aromatic heterocycles. The molecule has 19 heavy (non-hydrogen) atoms. The van der Waals surface area contributed by atoms with Crippen LogP contribution in [0.4, 0.5) is 5.69 Å². The molecule has 0 aliphatic heterocycles. The van der Waals surface area contributed by atoms with Crippen LogP contribution in [0, 0.1) is 16.0 Å². The Hall–Kier alpha value is -1.66. The minimum Gasteiger partial charge on any atom is -0.384 e. The smallest absolute Gasteiger partial charge is 0.270 e. The third kappa shape index (κ3) is 4.50. The molecule has 0 aliphatic carbocycles. The summed E-state index contributed by atoms with van der Waals surface area (Å²) in [4.78, 5) is 21.8. The van der Waals surface area contributed by atoms with Gasteiger partial charge < -0.3 is 10.1 Å². The lowest BCUT2D eigenvalue weighted by atomic mass is 10.1. The molecule has 0 fully saturated rings. The van der Waals surface area contributed by atoms with E-state index in [1.807, 2.05) is 6.92 Å². The van der Waals surface area contributed by atoms with Crippen molar-refractivity contribution in [1.29, 1.82) is 0 Å². The molecule has 6 nitrogen and oxygen atoms in total. The fourth-order valence-corrected chi connectivity index (χ4v) is 1.77. The first kappa shape index (κ1) is 15.4. The van der Waals surface area contributed by atoms with E-state index in [2.05, 4.69) is 5.32 Å². The summed E-state index contributed by atoms with van der Waals surface area (Å²) in [5.41, 5.74) is 0.0752. The maximum absolute atomic E-state index is 11.8. The molecule has 0 aliphatic rings. The van der Waals surface area contributed by atoms with E-state index < -0.39 is 4.92 Å². The van der Waals surface area contributed by atoms with Gasteiger partial charge in [-0.2, -0.15) is 0 Å². The van der Waals surface area contributed by atoms with Gasteiger partial charge in [0.05, 0.1) is 22.1 Å². The van der Waals surface area contributed by atoms with Crippen molar-refractivity contribution < 1.29 is 14.5 Å². The number of halogens is 1. The minimum absolute atomic E-state index is 0.0612. The normalized spacial score (nSPS) is 11.9. The van der Waals surface area contributed by atoms with Crippen molar-refractivity contribution in [3.63, 3.8) is 0 Å². The highest BCUT2D eigenvalue weighted by Crippen LogP contribution is 2.22. The lowest BCUT2D eigenvalue weighted by Crippen LogP contribution is -2.30. The average Bonchev–Trinajstić information content (AvgIpc) is 2.36. The van der Waals surface area contributed by atoms with Gasteiger partial charge >= 0.3 is 0 Å². The molecule has 1 aromatic carbocycles. The van der Waals surface area contributed by atoms with Crippen LogP contribution in [0.3, 0.4) is 0 Å². The number of hydrogen-bond donors (Lipinski definition) is 1. The van der Waals surface area contributed by atoms with Gasteiger partial charge in [-0.1, -0.05) is 18.5 Å². The topological polar surface area (TPSA) is 81.5 Å². The quantitative estimate of drug-likeness (QED) is 0.642. The molecule has 0 spiro atoms. The highest BCUT2D eigenvalue weighted by Gasteiger charge is 2.15. The Morgan fingerprint density at radius 3 is 2.79 bits per heavy atom. The molecule has 1 aromatic rings. The van der Waals surface area contributed by atoms with Crippen LogP contribution >= 0.6 is 11.6 Å². The minimum atomic E-state index is -0.561. The van der Waals surface area contributed by atoms with E-state index in [9.17, 15) is 14.9 Å². The van der Waals surface area contributed by atoms with Crippen molar-refractivity contribution in [2.45, 2.75) is 6.92 Å². The highest BCUT2D eigenvalue weighted by molar-refractivity contribution is 6.34. The van der Waals surface area contributed by atoms with Gasteiger partial charge in [0.2, 0.25) is 0 Å². The van der Waals surface area contributed by atoms with E-state index in [0.29, 0.717) is 13.2 Å². The number of rotatable bonds is 6. The molecule has 1 N–H and O–H groups in total. The van der Waals surface area contributed by atoms with Gasteiger partial charge in [-0.3, -0.25) is 14.9 Å². The zero-order valence-corrected chi connectivity index (χ0v) is 11.4. The van der Waals surface area contributed by atoms with Crippen LogP contribution in [-0.2, 0) is 4.74 Å². The van der Waals surface area contributed by atoms with Crippen LogP contribution in [0.5, 0.6) is 0 Å². The Kier molecular flexibility index (Phi) is 5.72. The summed E-state index contributed by atoms with van der Waals surface area (Å²) in [7, 11) is 1.59.